The Balaban J connectivity index is 1.50. The number of hydrogen-bond donors (Lipinski definition) is 1. The first-order chi connectivity index (χ1) is 14.2. The standard InChI is InChI=1S/C24H22N2O3/c27-23-21-12-11-20(17-22(21)24(28)29-23)26(16-14-19-9-5-2-6-10-19)25-15-13-18-7-3-1-4-8-18/h1-12,17,25H,13-16H2. The minimum absolute atomic E-state index is 0.321. The number of hydrazine groups is 1. The van der Waals surface area contributed by atoms with E-state index in [1.165, 1.54) is 11.1 Å². The Bertz CT molecular complexity index is 1000. The molecule has 5 nitrogen and oxygen atoms in total. The number of carbonyl (C=O) groups is 2. The highest BCUT2D eigenvalue weighted by Crippen LogP contribution is 2.25. The first-order valence-electron chi connectivity index (χ1n) is 9.70. The van der Waals surface area contributed by atoms with Crippen molar-refractivity contribution >= 4 is 17.6 Å². The van der Waals surface area contributed by atoms with Gasteiger partial charge in [0.1, 0.15) is 0 Å². The quantitative estimate of drug-likeness (QED) is 0.363. The maximum Gasteiger partial charge on any atom is 0.346 e. The minimum Gasteiger partial charge on any atom is -0.386 e. The van der Waals surface area contributed by atoms with Crippen LogP contribution < -0.4 is 10.4 Å². The summed E-state index contributed by atoms with van der Waals surface area (Å²) in [4.78, 5) is 23.7. The molecule has 1 N–H and O–H groups in total. The fraction of sp³-hybridized carbons (Fsp3) is 0.167. The Kier molecular flexibility index (Phi) is 5.68. The minimum atomic E-state index is -0.584. The smallest absolute Gasteiger partial charge is 0.346 e. The summed E-state index contributed by atoms with van der Waals surface area (Å²) < 4.78 is 4.72. The zero-order valence-corrected chi connectivity index (χ0v) is 16.0. The number of nitrogens with one attached hydrogen (secondary N) is 1. The summed E-state index contributed by atoms with van der Waals surface area (Å²) in [7, 11) is 0. The number of esters is 2. The maximum absolute atomic E-state index is 11.9. The molecule has 0 bridgehead atoms. The van der Waals surface area contributed by atoms with Gasteiger partial charge in [0, 0.05) is 13.1 Å². The number of nitrogens with zero attached hydrogens (tertiary/aromatic N) is 1. The lowest BCUT2D eigenvalue weighted by atomic mass is 10.1. The van der Waals surface area contributed by atoms with E-state index in [9.17, 15) is 9.59 Å². The molecule has 1 aliphatic rings. The highest BCUT2D eigenvalue weighted by molar-refractivity contribution is 6.15. The molecule has 0 unspecified atom stereocenters. The van der Waals surface area contributed by atoms with Crippen LogP contribution in [0.1, 0.15) is 31.8 Å². The Morgan fingerprint density at radius 2 is 1.34 bits per heavy atom. The zero-order chi connectivity index (χ0) is 20.1. The Morgan fingerprint density at radius 3 is 2.03 bits per heavy atom. The SMILES string of the molecule is O=C1OC(=O)c2cc(N(CCc3ccccc3)NCCc3ccccc3)ccc21. The van der Waals surface area contributed by atoms with Gasteiger partial charge in [-0.25, -0.2) is 15.0 Å². The van der Waals surface area contributed by atoms with E-state index in [1.54, 1.807) is 12.1 Å². The third kappa shape index (κ3) is 4.52. The third-order valence-corrected chi connectivity index (χ3v) is 4.97. The molecule has 4 rings (SSSR count). The average molecular weight is 386 g/mol. The van der Waals surface area contributed by atoms with Crippen LogP contribution in [0.5, 0.6) is 0 Å². The van der Waals surface area contributed by atoms with Crippen molar-refractivity contribution in [1.29, 1.82) is 0 Å². The van der Waals surface area contributed by atoms with E-state index in [-0.39, 0.29) is 0 Å². The van der Waals surface area contributed by atoms with Gasteiger partial charge in [0.05, 0.1) is 16.8 Å². The largest absolute Gasteiger partial charge is 0.386 e. The van der Waals surface area contributed by atoms with Gasteiger partial charge in [-0.2, -0.15) is 0 Å². The third-order valence-electron chi connectivity index (χ3n) is 4.97. The van der Waals surface area contributed by atoms with Gasteiger partial charge in [-0.15, -0.1) is 0 Å². The van der Waals surface area contributed by atoms with Crippen LogP contribution in [-0.4, -0.2) is 25.0 Å². The molecule has 0 aromatic heterocycles. The van der Waals surface area contributed by atoms with Crippen LogP contribution in [-0.2, 0) is 17.6 Å². The summed E-state index contributed by atoms with van der Waals surface area (Å²) in [6.07, 6.45) is 1.73. The summed E-state index contributed by atoms with van der Waals surface area (Å²) >= 11 is 0. The number of hydrogen-bond acceptors (Lipinski definition) is 5. The Morgan fingerprint density at radius 1 is 0.724 bits per heavy atom. The summed E-state index contributed by atoms with van der Waals surface area (Å²) in [6, 6.07) is 25.8. The number of carbonyl (C=O) groups excluding carboxylic acids is 2. The van der Waals surface area contributed by atoms with Gasteiger partial charge in [-0.1, -0.05) is 60.7 Å². The van der Waals surface area contributed by atoms with E-state index in [0.29, 0.717) is 11.1 Å². The molecule has 5 heteroatoms. The number of rotatable bonds is 8. The van der Waals surface area contributed by atoms with Crippen LogP contribution in [0.3, 0.4) is 0 Å². The van der Waals surface area contributed by atoms with E-state index in [0.717, 1.165) is 31.6 Å². The van der Waals surface area contributed by atoms with Crippen LogP contribution in [0, 0.1) is 0 Å². The van der Waals surface area contributed by atoms with Crippen molar-refractivity contribution in [3.63, 3.8) is 0 Å². The number of ether oxygens (including phenoxy) is 1. The molecule has 0 radical (unpaired) electrons. The Hall–Kier alpha value is -3.44. The van der Waals surface area contributed by atoms with Crippen molar-refractivity contribution in [3.05, 3.63) is 101 Å². The van der Waals surface area contributed by atoms with E-state index in [2.05, 4.69) is 29.7 Å². The van der Waals surface area contributed by atoms with Crippen molar-refractivity contribution in [1.82, 2.24) is 5.43 Å². The molecular weight excluding hydrogens is 364 g/mol. The number of fused-ring (bicyclic) bond motifs is 1. The van der Waals surface area contributed by atoms with Crippen LogP contribution in [0.25, 0.3) is 0 Å². The molecule has 0 saturated heterocycles. The molecule has 3 aromatic carbocycles. The molecule has 0 aliphatic carbocycles. The lowest BCUT2D eigenvalue weighted by Crippen LogP contribution is -2.41. The van der Waals surface area contributed by atoms with E-state index in [4.69, 9.17) is 4.74 Å². The first-order valence-corrected chi connectivity index (χ1v) is 9.70. The summed E-state index contributed by atoms with van der Waals surface area (Å²) in [5.74, 6) is -1.16. The van der Waals surface area contributed by atoms with E-state index >= 15 is 0 Å². The Labute approximate surface area is 169 Å². The second kappa shape index (κ2) is 8.71. The number of benzene rings is 3. The van der Waals surface area contributed by atoms with Crippen molar-refractivity contribution in [3.8, 4) is 0 Å². The lowest BCUT2D eigenvalue weighted by Gasteiger charge is -2.26. The number of anilines is 1. The summed E-state index contributed by atoms with van der Waals surface area (Å²) in [5, 5.41) is 2.03. The van der Waals surface area contributed by atoms with Crippen molar-refractivity contribution in [2.75, 3.05) is 18.1 Å². The fourth-order valence-corrected chi connectivity index (χ4v) is 3.41. The predicted molar refractivity (Wildman–Crippen MR) is 112 cm³/mol. The highest BCUT2D eigenvalue weighted by Gasteiger charge is 2.30. The summed E-state index contributed by atoms with van der Waals surface area (Å²) in [5.41, 5.74) is 7.44. The monoisotopic (exact) mass is 386 g/mol. The lowest BCUT2D eigenvalue weighted by molar-refractivity contribution is 0.0444. The molecule has 29 heavy (non-hydrogen) atoms. The molecule has 146 valence electrons. The van der Waals surface area contributed by atoms with Gasteiger partial charge in [0.25, 0.3) is 0 Å². The van der Waals surface area contributed by atoms with Gasteiger partial charge < -0.3 is 9.75 Å². The predicted octanol–water partition coefficient (Wildman–Crippen LogP) is 3.79. The molecule has 1 aliphatic heterocycles. The van der Waals surface area contributed by atoms with E-state index in [1.807, 2.05) is 47.5 Å². The van der Waals surface area contributed by atoms with Crippen LogP contribution in [0.2, 0.25) is 0 Å². The second-order valence-corrected chi connectivity index (χ2v) is 6.94. The first kappa shape index (κ1) is 18.9. The van der Waals surface area contributed by atoms with Gasteiger partial charge >= 0.3 is 11.9 Å². The number of cyclic esters (lactones) is 2. The van der Waals surface area contributed by atoms with Crippen molar-refractivity contribution < 1.29 is 14.3 Å². The van der Waals surface area contributed by atoms with Crippen LogP contribution in [0.15, 0.2) is 78.9 Å². The van der Waals surface area contributed by atoms with Gasteiger partial charge in [-0.05, 0) is 42.2 Å². The molecule has 1 heterocycles. The normalized spacial score (nSPS) is 12.6. The molecule has 0 amide bonds. The van der Waals surface area contributed by atoms with Crippen molar-refractivity contribution in [2.24, 2.45) is 0 Å². The topological polar surface area (TPSA) is 58.6 Å². The van der Waals surface area contributed by atoms with E-state index < -0.39 is 11.9 Å². The van der Waals surface area contributed by atoms with Crippen LogP contribution in [0.4, 0.5) is 5.69 Å². The zero-order valence-electron chi connectivity index (χ0n) is 16.0. The van der Waals surface area contributed by atoms with Gasteiger partial charge in [0.2, 0.25) is 0 Å². The fourth-order valence-electron chi connectivity index (χ4n) is 3.41. The molecule has 0 atom stereocenters. The van der Waals surface area contributed by atoms with Gasteiger partial charge in [-0.3, -0.25) is 0 Å². The van der Waals surface area contributed by atoms with Crippen LogP contribution >= 0.6 is 0 Å². The molecule has 0 saturated carbocycles. The average Bonchev–Trinajstić information content (AvgIpc) is 3.05. The maximum atomic E-state index is 11.9. The van der Waals surface area contributed by atoms with Crippen molar-refractivity contribution in [2.45, 2.75) is 12.8 Å². The highest BCUT2D eigenvalue weighted by atomic mass is 16.6. The molecular formula is C24H22N2O3. The summed E-state index contributed by atoms with van der Waals surface area (Å²) in [6.45, 7) is 1.47. The molecule has 0 spiro atoms. The molecule has 0 fully saturated rings. The van der Waals surface area contributed by atoms with Gasteiger partial charge in [0.15, 0.2) is 0 Å². The second-order valence-electron chi connectivity index (χ2n) is 6.94. The molecule has 3 aromatic rings.